The van der Waals surface area contributed by atoms with Gasteiger partial charge < -0.3 is 0 Å². The van der Waals surface area contributed by atoms with E-state index in [1.807, 2.05) is 0 Å². The molecule has 0 N–H and O–H groups in total. The summed E-state index contributed by atoms with van der Waals surface area (Å²) < 4.78 is 28.9. The van der Waals surface area contributed by atoms with E-state index in [1.165, 1.54) is 201 Å². The van der Waals surface area contributed by atoms with Crippen LogP contribution in [0.4, 0.5) is 0 Å². The van der Waals surface area contributed by atoms with E-state index in [1.54, 1.807) is 16.9 Å². The molecule has 3 heterocycles. The van der Waals surface area contributed by atoms with Crippen molar-refractivity contribution in [3.05, 3.63) is 23.3 Å². The summed E-state index contributed by atoms with van der Waals surface area (Å²) in [5.74, 6) is 2.88. The Morgan fingerprint density at radius 2 is 0.754 bits per heavy atom. The third-order valence-corrected chi connectivity index (χ3v) is 36.8. The fourth-order valence-electron chi connectivity index (χ4n) is 10.2. The molecule has 0 bridgehead atoms. The van der Waals surface area contributed by atoms with Gasteiger partial charge in [0.2, 0.25) is 0 Å². The molecule has 392 valence electrons. The minimum atomic E-state index is -2.54. The van der Waals surface area contributed by atoms with Crippen molar-refractivity contribution in [3.63, 3.8) is 0 Å². The van der Waals surface area contributed by atoms with E-state index < -0.39 is 36.8 Å². The predicted octanol–water partition coefficient (Wildman–Crippen LogP) is 20.4. The second-order valence-electron chi connectivity index (χ2n) is 23.1. The molecular formula is C60H104N2O2S3Sn2. The summed E-state index contributed by atoms with van der Waals surface area (Å²) in [6.45, 7) is 15.4. The summed E-state index contributed by atoms with van der Waals surface area (Å²) >= 11 is 0.451. The van der Waals surface area contributed by atoms with E-state index in [2.05, 4.69) is 106 Å². The summed E-state index contributed by atoms with van der Waals surface area (Å²) in [6, 6.07) is 5.18. The van der Waals surface area contributed by atoms with Gasteiger partial charge in [-0.2, -0.15) is 0 Å². The van der Waals surface area contributed by atoms with Crippen LogP contribution < -0.4 is 15.3 Å². The zero-order chi connectivity index (χ0) is 50.1. The zero-order valence-electron chi connectivity index (χ0n) is 46.9. The van der Waals surface area contributed by atoms with Crippen molar-refractivity contribution >= 4 is 88.0 Å². The van der Waals surface area contributed by atoms with E-state index in [0.29, 0.717) is 25.0 Å². The molecule has 2 atom stereocenters. The third-order valence-electron chi connectivity index (χ3n) is 14.7. The number of unbranched alkanes of at least 4 members (excludes halogenated alkanes) is 20. The molecule has 0 radical (unpaired) electrons. The van der Waals surface area contributed by atoms with Crippen LogP contribution in [0, 0.1) is 11.8 Å². The van der Waals surface area contributed by atoms with Crippen molar-refractivity contribution in [2.75, 3.05) is 13.2 Å². The molecule has 3 aromatic heterocycles. The first-order chi connectivity index (χ1) is 33.3. The fourth-order valence-corrected chi connectivity index (χ4v) is 27.2. The van der Waals surface area contributed by atoms with Crippen molar-refractivity contribution in [2.24, 2.45) is 11.8 Å². The number of hydrogen-bond donors (Lipinski definition) is 0. The van der Waals surface area contributed by atoms with Gasteiger partial charge in [0.05, 0.1) is 0 Å². The molecule has 0 aliphatic heterocycles. The molecule has 0 amide bonds. The summed E-state index contributed by atoms with van der Waals surface area (Å²) in [7, 11) is 0. The van der Waals surface area contributed by atoms with Gasteiger partial charge in [-0.05, 0) is 0 Å². The van der Waals surface area contributed by atoms with Crippen molar-refractivity contribution in [3.8, 4) is 32.4 Å². The quantitative estimate of drug-likeness (QED) is 0.0329. The molecule has 1 aromatic carbocycles. The summed E-state index contributed by atoms with van der Waals surface area (Å²) in [6.07, 6.45) is 39.3. The van der Waals surface area contributed by atoms with Crippen molar-refractivity contribution < 1.29 is 9.47 Å². The molecule has 0 spiro atoms. The van der Waals surface area contributed by atoms with Gasteiger partial charge in [-0.15, -0.1) is 0 Å². The standard InChI is InChI=1S/C54H86N2O2S3.6CH3.2Sn/c1-7-13-17-19-21-23-25-27-29-31-35-45-37-47(59-41-45)49-51-52(56-61-55-51)50(48-38-46(42-60-48)36-32-30-28-26-24-22-20-18-14-8-2)54(58-40-44(12-6)34-16-10-4)53(49)57-39-43(11-5)33-15-9-3;;;;;;;;/h37-38,43-44H,7-36,39-40H2,1-6H3;6*1H3;;. The average Bonchev–Trinajstić information content (AvgIpc) is 4.10. The van der Waals surface area contributed by atoms with Gasteiger partial charge >= 0.3 is 424 Å². The summed E-state index contributed by atoms with van der Waals surface area (Å²) in [5, 5.41) is 0. The minimum absolute atomic E-state index is 0.499. The number of fused-ring (bicyclic) bond motifs is 1. The number of benzene rings is 1. The second kappa shape index (κ2) is 33.5. The predicted molar refractivity (Wildman–Crippen MR) is 319 cm³/mol. The Kier molecular flexibility index (Phi) is 29.7. The zero-order valence-corrected chi connectivity index (χ0v) is 55.0. The van der Waals surface area contributed by atoms with Crippen molar-refractivity contribution in [1.29, 1.82) is 0 Å². The molecule has 4 aromatic rings. The topological polar surface area (TPSA) is 44.2 Å². The van der Waals surface area contributed by atoms with E-state index in [0.717, 1.165) is 46.5 Å². The number of thiophene rings is 2. The van der Waals surface area contributed by atoms with Crippen LogP contribution >= 0.6 is 34.4 Å². The van der Waals surface area contributed by atoms with E-state index in [4.69, 9.17) is 18.2 Å². The van der Waals surface area contributed by atoms with Gasteiger partial charge in [-0.1, -0.05) is 26.7 Å². The number of hydrogen-bond acceptors (Lipinski definition) is 7. The monoisotopic (exact) mass is 1220 g/mol. The Hall–Kier alpha value is -0.363. The molecule has 0 aliphatic carbocycles. The SMILES string of the molecule is CCCCCCCCCCCCc1cc(-c2c(OCC(CC)CCCC)c(OCC(CC)CCCC)c(-c3cc(CCCCCCCCCCCC)[c]([Sn]([CH3])([CH3])[CH3])s3)c3nsnc23)s[c]1[Sn]([CH3])([CH3])[CH3]. The Morgan fingerprint density at radius 3 is 1.06 bits per heavy atom. The number of nitrogens with zero attached hydrogens (tertiary/aromatic N) is 2. The Morgan fingerprint density at radius 1 is 0.435 bits per heavy atom. The van der Waals surface area contributed by atoms with Gasteiger partial charge in [0.1, 0.15) is 0 Å². The molecular weight excluding hydrogens is 1110 g/mol. The molecule has 69 heavy (non-hydrogen) atoms. The van der Waals surface area contributed by atoms with E-state index in [9.17, 15) is 0 Å². The average molecular weight is 1220 g/mol. The van der Waals surface area contributed by atoms with Crippen molar-refractivity contribution in [2.45, 2.75) is 264 Å². The van der Waals surface area contributed by atoms with E-state index in [-0.39, 0.29) is 0 Å². The van der Waals surface area contributed by atoms with Gasteiger partial charge in [0.15, 0.2) is 0 Å². The van der Waals surface area contributed by atoms with E-state index >= 15 is 0 Å². The first-order valence-electron chi connectivity index (χ1n) is 29.2. The summed E-state index contributed by atoms with van der Waals surface area (Å²) in [4.78, 5) is 18.3. The van der Waals surface area contributed by atoms with Crippen LogP contribution in [0.1, 0.15) is 232 Å². The number of rotatable bonds is 40. The van der Waals surface area contributed by atoms with Gasteiger partial charge in [0.25, 0.3) is 0 Å². The normalized spacial score (nSPS) is 13.2. The molecule has 4 rings (SSSR count). The fraction of sp³-hybridized carbons (Fsp3) is 0.767. The number of aryl methyl sites for hydroxylation is 2. The molecule has 4 nitrogen and oxygen atoms in total. The Balaban J connectivity index is 1.83. The number of aromatic nitrogens is 2. The third kappa shape index (κ3) is 20.4. The first kappa shape index (κ1) is 61.2. The van der Waals surface area contributed by atoms with Gasteiger partial charge in [-0.3, -0.25) is 0 Å². The maximum atomic E-state index is 7.46. The molecule has 0 fully saturated rings. The molecule has 0 saturated carbocycles. The first-order valence-corrected chi connectivity index (χ1v) is 51.5. The van der Waals surface area contributed by atoms with Gasteiger partial charge in [-0.25, -0.2) is 0 Å². The Bertz CT molecular complexity index is 1850. The molecule has 0 saturated heterocycles. The van der Waals surface area contributed by atoms with Crippen LogP contribution in [0.15, 0.2) is 12.1 Å². The van der Waals surface area contributed by atoms with Crippen LogP contribution in [0.5, 0.6) is 11.5 Å². The molecule has 2 unspecified atom stereocenters. The number of ether oxygens (including phenoxy) is 2. The van der Waals surface area contributed by atoms with Gasteiger partial charge in [0, 0.05) is 0 Å². The van der Waals surface area contributed by atoms with Crippen LogP contribution in [-0.4, -0.2) is 58.7 Å². The van der Waals surface area contributed by atoms with Crippen LogP contribution in [0.25, 0.3) is 31.9 Å². The molecule has 9 heteroatoms. The summed E-state index contributed by atoms with van der Waals surface area (Å²) in [5.41, 5.74) is 7.54. The Labute approximate surface area is 446 Å². The second-order valence-corrected chi connectivity index (χ2v) is 56.4. The van der Waals surface area contributed by atoms with Crippen LogP contribution in [0.2, 0.25) is 29.6 Å². The molecule has 0 aliphatic rings. The van der Waals surface area contributed by atoms with Crippen LogP contribution in [-0.2, 0) is 12.8 Å². The maximum absolute atomic E-state index is 7.46. The van der Waals surface area contributed by atoms with Crippen molar-refractivity contribution in [1.82, 2.24) is 8.75 Å². The van der Waals surface area contributed by atoms with Crippen LogP contribution in [0.3, 0.4) is 0 Å².